The van der Waals surface area contributed by atoms with Crippen LogP contribution in [-0.2, 0) is 0 Å². The van der Waals surface area contributed by atoms with Crippen LogP contribution in [0.5, 0.6) is 0 Å². The Balaban J connectivity index is 2.08. The topological polar surface area (TPSA) is 75.1 Å². The third-order valence-corrected chi connectivity index (χ3v) is 3.68. The fourth-order valence-corrected chi connectivity index (χ4v) is 2.68. The number of nitrogens with one attached hydrogen (secondary N) is 1. The van der Waals surface area contributed by atoms with E-state index in [1.54, 1.807) is 18.2 Å². The highest BCUT2D eigenvalue weighted by molar-refractivity contribution is 5.95. The number of carboxylic acids is 1. The van der Waals surface area contributed by atoms with Crippen LogP contribution in [0.3, 0.4) is 0 Å². The summed E-state index contributed by atoms with van der Waals surface area (Å²) in [6, 6.07) is 8.94. The summed E-state index contributed by atoms with van der Waals surface area (Å²) in [5, 5.41) is 12.7. The van der Waals surface area contributed by atoms with Crippen molar-refractivity contribution in [2.75, 3.05) is 6.54 Å². The second kappa shape index (κ2) is 5.61. The van der Waals surface area contributed by atoms with E-state index in [0.29, 0.717) is 11.3 Å². The molecule has 2 heterocycles. The Morgan fingerprint density at radius 2 is 2.14 bits per heavy atom. The number of carboxylic acid groups (broad SMARTS) is 1. The van der Waals surface area contributed by atoms with Gasteiger partial charge in [0.15, 0.2) is 0 Å². The molecule has 1 aromatic carbocycles. The maximum absolute atomic E-state index is 11.4. The lowest BCUT2D eigenvalue weighted by molar-refractivity contribution is 0.0697. The van der Waals surface area contributed by atoms with Gasteiger partial charge < -0.3 is 10.4 Å². The van der Waals surface area contributed by atoms with E-state index in [2.05, 4.69) is 15.3 Å². The zero-order valence-electron chi connectivity index (χ0n) is 11.8. The molecule has 1 fully saturated rings. The molecule has 1 aliphatic rings. The molecule has 0 saturated carbocycles. The summed E-state index contributed by atoms with van der Waals surface area (Å²) in [4.78, 5) is 20.5. The van der Waals surface area contributed by atoms with Gasteiger partial charge >= 0.3 is 5.97 Å². The van der Waals surface area contributed by atoms with Gasteiger partial charge in [0.05, 0.1) is 17.3 Å². The van der Waals surface area contributed by atoms with Gasteiger partial charge in [-0.05, 0) is 38.4 Å². The Bertz CT molecular complexity index is 679. The van der Waals surface area contributed by atoms with Crippen molar-refractivity contribution < 1.29 is 9.90 Å². The van der Waals surface area contributed by atoms with Gasteiger partial charge in [-0.25, -0.2) is 14.8 Å². The minimum absolute atomic E-state index is 0.167. The molecule has 108 valence electrons. The number of aromatic carboxylic acids is 1. The Hall–Kier alpha value is -2.27. The molecule has 1 atom stereocenters. The third-order valence-electron chi connectivity index (χ3n) is 3.68. The van der Waals surface area contributed by atoms with Crippen molar-refractivity contribution in [3.8, 4) is 11.3 Å². The molecule has 1 saturated heterocycles. The van der Waals surface area contributed by atoms with Gasteiger partial charge in [-0.15, -0.1) is 0 Å². The minimum atomic E-state index is -0.942. The quantitative estimate of drug-likeness (QED) is 0.905. The Morgan fingerprint density at radius 1 is 1.33 bits per heavy atom. The molecule has 0 spiro atoms. The fraction of sp³-hybridized carbons (Fsp3) is 0.312. The molecular formula is C16H17N3O2. The number of carbonyl (C=O) groups is 1. The van der Waals surface area contributed by atoms with Crippen LogP contribution in [0.4, 0.5) is 0 Å². The van der Waals surface area contributed by atoms with Gasteiger partial charge in [-0.2, -0.15) is 0 Å². The Labute approximate surface area is 123 Å². The minimum Gasteiger partial charge on any atom is -0.478 e. The highest BCUT2D eigenvalue weighted by Gasteiger charge is 2.21. The summed E-state index contributed by atoms with van der Waals surface area (Å²) in [7, 11) is 0. The normalized spacial score (nSPS) is 17.9. The number of nitrogens with zero attached hydrogens (tertiary/aromatic N) is 2. The summed E-state index contributed by atoms with van der Waals surface area (Å²) in [6.45, 7) is 2.88. The van der Waals surface area contributed by atoms with Gasteiger partial charge in [0.25, 0.3) is 0 Å². The molecular weight excluding hydrogens is 266 g/mol. The first kappa shape index (κ1) is 13.7. The van der Waals surface area contributed by atoms with Crippen molar-refractivity contribution in [3.05, 3.63) is 47.4 Å². The molecule has 1 aromatic heterocycles. The van der Waals surface area contributed by atoms with Crippen molar-refractivity contribution >= 4 is 5.97 Å². The van der Waals surface area contributed by atoms with Crippen molar-refractivity contribution in [2.45, 2.75) is 25.8 Å². The van der Waals surface area contributed by atoms with Crippen LogP contribution in [0.2, 0.25) is 0 Å². The molecule has 1 aliphatic heterocycles. The van der Waals surface area contributed by atoms with E-state index in [-0.39, 0.29) is 11.6 Å². The van der Waals surface area contributed by atoms with Gasteiger partial charge in [-0.3, -0.25) is 0 Å². The largest absolute Gasteiger partial charge is 0.478 e. The molecule has 5 heteroatoms. The molecule has 0 aliphatic carbocycles. The van der Waals surface area contributed by atoms with Crippen LogP contribution >= 0.6 is 0 Å². The molecule has 21 heavy (non-hydrogen) atoms. The molecule has 1 unspecified atom stereocenters. The maximum atomic E-state index is 11.4. The van der Waals surface area contributed by atoms with Gasteiger partial charge in [0.2, 0.25) is 0 Å². The first-order chi connectivity index (χ1) is 10.1. The van der Waals surface area contributed by atoms with Crippen LogP contribution in [0, 0.1) is 6.92 Å². The van der Waals surface area contributed by atoms with Crippen LogP contribution in [0.15, 0.2) is 30.3 Å². The number of aryl methyl sites for hydroxylation is 1. The second-order valence-corrected chi connectivity index (χ2v) is 5.25. The Kier molecular flexibility index (Phi) is 3.66. The monoisotopic (exact) mass is 283 g/mol. The van der Waals surface area contributed by atoms with Crippen LogP contribution < -0.4 is 5.32 Å². The summed E-state index contributed by atoms with van der Waals surface area (Å²) < 4.78 is 0. The predicted molar refractivity (Wildman–Crippen MR) is 79.1 cm³/mol. The van der Waals surface area contributed by atoms with Crippen molar-refractivity contribution in [3.63, 3.8) is 0 Å². The molecule has 3 rings (SSSR count). The zero-order valence-corrected chi connectivity index (χ0v) is 11.8. The van der Waals surface area contributed by atoms with E-state index in [4.69, 9.17) is 0 Å². The maximum Gasteiger partial charge on any atom is 0.336 e. The van der Waals surface area contributed by atoms with E-state index in [1.165, 1.54) is 0 Å². The van der Waals surface area contributed by atoms with E-state index >= 15 is 0 Å². The smallest absolute Gasteiger partial charge is 0.336 e. The number of rotatable bonds is 3. The second-order valence-electron chi connectivity index (χ2n) is 5.25. The van der Waals surface area contributed by atoms with Crippen LogP contribution in [0.1, 0.15) is 40.8 Å². The predicted octanol–water partition coefficient (Wildman–Crippen LogP) is 2.57. The van der Waals surface area contributed by atoms with Crippen molar-refractivity contribution in [1.29, 1.82) is 0 Å². The third kappa shape index (κ3) is 2.78. The standard InChI is InChI=1S/C16H17N3O2/c1-10-9-14(11-5-2-3-6-12(11)16(20)21)19-15(18-10)13-7-4-8-17-13/h2-3,5-6,9,13,17H,4,7-8H2,1H3,(H,20,21). The first-order valence-corrected chi connectivity index (χ1v) is 7.07. The summed E-state index contributed by atoms with van der Waals surface area (Å²) in [6.07, 6.45) is 2.13. The van der Waals surface area contributed by atoms with E-state index < -0.39 is 5.97 Å². The SMILES string of the molecule is Cc1cc(-c2ccccc2C(=O)O)nc(C2CCCN2)n1. The molecule has 2 aromatic rings. The number of benzene rings is 1. The van der Waals surface area contributed by atoms with E-state index in [9.17, 15) is 9.90 Å². The molecule has 0 bridgehead atoms. The molecule has 0 radical (unpaired) electrons. The van der Waals surface area contributed by atoms with Crippen LogP contribution in [-0.4, -0.2) is 27.6 Å². The zero-order chi connectivity index (χ0) is 14.8. The van der Waals surface area contributed by atoms with Crippen LogP contribution in [0.25, 0.3) is 11.3 Å². The summed E-state index contributed by atoms with van der Waals surface area (Å²) in [5.74, 6) is -0.190. The average molecular weight is 283 g/mol. The lowest BCUT2D eigenvalue weighted by Crippen LogP contribution is -2.16. The molecule has 2 N–H and O–H groups in total. The van der Waals surface area contributed by atoms with Gasteiger partial charge in [0, 0.05) is 11.3 Å². The van der Waals surface area contributed by atoms with Gasteiger partial charge in [-0.1, -0.05) is 18.2 Å². The fourth-order valence-electron chi connectivity index (χ4n) is 2.68. The average Bonchev–Trinajstić information content (AvgIpc) is 3.01. The van der Waals surface area contributed by atoms with E-state index in [0.717, 1.165) is 30.9 Å². The number of hydrogen-bond acceptors (Lipinski definition) is 4. The highest BCUT2D eigenvalue weighted by Crippen LogP contribution is 2.26. The highest BCUT2D eigenvalue weighted by atomic mass is 16.4. The van der Waals surface area contributed by atoms with Crippen molar-refractivity contribution in [1.82, 2.24) is 15.3 Å². The Morgan fingerprint density at radius 3 is 2.86 bits per heavy atom. The lowest BCUT2D eigenvalue weighted by atomic mass is 10.0. The molecule has 0 amide bonds. The number of aromatic nitrogens is 2. The number of hydrogen-bond donors (Lipinski definition) is 2. The molecule has 5 nitrogen and oxygen atoms in total. The summed E-state index contributed by atoms with van der Waals surface area (Å²) >= 11 is 0. The first-order valence-electron chi connectivity index (χ1n) is 7.07. The summed E-state index contributed by atoms with van der Waals surface area (Å²) in [5.41, 5.74) is 2.42. The van der Waals surface area contributed by atoms with Crippen molar-refractivity contribution in [2.24, 2.45) is 0 Å². The lowest BCUT2D eigenvalue weighted by Gasteiger charge is -2.12. The van der Waals surface area contributed by atoms with E-state index in [1.807, 2.05) is 19.1 Å². The van der Waals surface area contributed by atoms with Gasteiger partial charge in [0.1, 0.15) is 5.82 Å².